The monoisotopic (exact) mass is 297 g/mol. The summed E-state index contributed by atoms with van der Waals surface area (Å²) in [5.74, 6) is 0.293. The van der Waals surface area contributed by atoms with Crippen molar-refractivity contribution in [1.82, 2.24) is 10.2 Å². The highest BCUT2D eigenvalue weighted by molar-refractivity contribution is 5.39. The minimum Gasteiger partial charge on any atom is -0.395 e. The first kappa shape index (κ1) is 15.2. The molecule has 0 bridgehead atoms. The number of alkyl halides is 3. The molecular formula is C14H14F3N3O. The summed E-state index contributed by atoms with van der Waals surface area (Å²) in [5.41, 5.74) is -0.0671. The predicted molar refractivity (Wildman–Crippen MR) is 71.6 cm³/mol. The largest absolute Gasteiger partial charge is 0.435 e. The molecule has 0 saturated carbocycles. The summed E-state index contributed by atoms with van der Waals surface area (Å²) in [6.07, 6.45) is -4.51. The third-order valence-corrected chi connectivity index (χ3v) is 2.85. The van der Waals surface area contributed by atoms with Crippen molar-refractivity contribution in [3.63, 3.8) is 0 Å². The number of aromatic nitrogens is 2. The lowest BCUT2D eigenvalue weighted by Gasteiger charge is -2.22. The number of aliphatic hydroxyl groups excluding tert-OH is 1. The van der Waals surface area contributed by atoms with Crippen LogP contribution >= 0.6 is 0 Å². The van der Waals surface area contributed by atoms with Gasteiger partial charge in [0.15, 0.2) is 11.5 Å². The molecular weight excluding hydrogens is 283 g/mol. The molecule has 0 spiro atoms. The minimum absolute atomic E-state index is 0.129. The van der Waals surface area contributed by atoms with Crippen molar-refractivity contribution in [2.45, 2.75) is 12.7 Å². The average Bonchev–Trinajstić information content (AvgIpc) is 2.47. The van der Waals surface area contributed by atoms with E-state index in [0.29, 0.717) is 12.4 Å². The van der Waals surface area contributed by atoms with Crippen LogP contribution in [0.3, 0.4) is 0 Å². The van der Waals surface area contributed by atoms with Gasteiger partial charge in [0.2, 0.25) is 0 Å². The maximum atomic E-state index is 12.5. The Balaban J connectivity index is 2.18. The lowest BCUT2D eigenvalue weighted by atomic mass is 10.2. The lowest BCUT2D eigenvalue weighted by molar-refractivity contribution is -0.141. The van der Waals surface area contributed by atoms with Crippen molar-refractivity contribution >= 4 is 5.82 Å². The normalized spacial score (nSPS) is 11.4. The third kappa shape index (κ3) is 4.16. The molecule has 7 heteroatoms. The van der Waals surface area contributed by atoms with E-state index >= 15 is 0 Å². The number of hydrogen-bond donors (Lipinski definition) is 1. The third-order valence-electron chi connectivity index (χ3n) is 2.85. The van der Waals surface area contributed by atoms with E-state index in [9.17, 15) is 13.2 Å². The highest BCUT2D eigenvalue weighted by atomic mass is 19.4. The summed E-state index contributed by atoms with van der Waals surface area (Å²) in [6.45, 7) is 0.561. The molecule has 0 unspecified atom stereocenters. The molecule has 1 heterocycles. The summed E-state index contributed by atoms with van der Waals surface area (Å²) >= 11 is 0. The van der Waals surface area contributed by atoms with Gasteiger partial charge in [-0.05, 0) is 17.7 Å². The first-order chi connectivity index (χ1) is 10.0. The second-order valence-corrected chi connectivity index (χ2v) is 4.41. The van der Waals surface area contributed by atoms with Crippen LogP contribution in [0.5, 0.6) is 0 Å². The van der Waals surface area contributed by atoms with Gasteiger partial charge in [-0.1, -0.05) is 30.3 Å². The number of halogens is 3. The summed E-state index contributed by atoms with van der Waals surface area (Å²) in [6, 6.07) is 11.5. The van der Waals surface area contributed by atoms with Crippen LogP contribution in [0.25, 0.3) is 0 Å². The van der Waals surface area contributed by atoms with Gasteiger partial charge >= 0.3 is 6.18 Å². The zero-order valence-corrected chi connectivity index (χ0v) is 11.1. The Labute approximate surface area is 119 Å². The zero-order chi connectivity index (χ0) is 15.3. The Morgan fingerprint density at radius 2 is 1.71 bits per heavy atom. The molecule has 1 aromatic heterocycles. The van der Waals surface area contributed by atoms with Crippen LogP contribution in [0.1, 0.15) is 11.3 Å². The van der Waals surface area contributed by atoms with Crippen molar-refractivity contribution in [1.29, 1.82) is 0 Å². The van der Waals surface area contributed by atoms with Crippen LogP contribution < -0.4 is 4.90 Å². The van der Waals surface area contributed by atoms with Gasteiger partial charge in [-0.15, -0.1) is 10.2 Å². The molecule has 0 aliphatic heterocycles. The van der Waals surface area contributed by atoms with Crippen LogP contribution in [-0.2, 0) is 12.7 Å². The van der Waals surface area contributed by atoms with Crippen molar-refractivity contribution in [3.8, 4) is 0 Å². The highest BCUT2D eigenvalue weighted by Gasteiger charge is 2.33. The molecule has 2 aromatic rings. The minimum atomic E-state index is -4.51. The van der Waals surface area contributed by atoms with Crippen molar-refractivity contribution < 1.29 is 18.3 Å². The molecule has 0 amide bonds. The number of aliphatic hydroxyl groups is 1. The van der Waals surface area contributed by atoms with Gasteiger partial charge in [-0.2, -0.15) is 13.2 Å². The maximum Gasteiger partial charge on any atom is 0.435 e. The van der Waals surface area contributed by atoms with Gasteiger partial charge in [0.25, 0.3) is 0 Å². The molecule has 0 aliphatic rings. The number of hydrogen-bond acceptors (Lipinski definition) is 4. The molecule has 112 valence electrons. The van der Waals surface area contributed by atoms with Crippen molar-refractivity contribution in [2.75, 3.05) is 18.1 Å². The van der Waals surface area contributed by atoms with Crippen molar-refractivity contribution in [2.24, 2.45) is 0 Å². The second kappa shape index (κ2) is 6.53. The van der Waals surface area contributed by atoms with Crippen molar-refractivity contribution in [3.05, 3.63) is 53.7 Å². The topological polar surface area (TPSA) is 49.2 Å². The van der Waals surface area contributed by atoms with E-state index < -0.39 is 11.9 Å². The SMILES string of the molecule is OCCN(Cc1ccccc1)c1ccc(C(F)(F)F)nn1. The summed E-state index contributed by atoms with van der Waals surface area (Å²) in [5, 5.41) is 15.9. The van der Waals surface area contributed by atoms with Gasteiger partial charge in [0, 0.05) is 13.1 Å². The first-order valence-electron chi connectivity index (χ1n) is 6.31. The van der Waals surface area contributed by atoms with E-state index in [1.807, 2.05) is 30.3 Å². The quantitative estimate of drug-likeness (QED) is 0.921. The highest BCUT2D eigenvalue weighted by Crippen LogP contribution is 2.27. The van der Waals surface area contributed by atoms with E-state index in [1.165, 1.54) is 6.07 Å². The fraction of sp³-hybridized carbons (Fsp3) is 0.286. The van der Waals surface area contributed by atoms with Gasteiger partial charge < -0.3 is 10.0 Å². The van der Waals surface area contributed by atoms with E-state index in [4.69, 9.17) is 5.11 Å². The summed E-state index contributed by atoms with van der Waals surface area (Å²) in [4.78, 5) is 1.67. The predicted octanol–water partition coefficient (Wildman–Crippen LogP) is 2.49. The molecule has 2 rings (SSSR count). The standard InChI is InChI=1S/C14H14F3N3O/c15-14(16,17)12-6-7-13(19-18-12)20(8-9-21)10-11-4-2-1-3-5-11/h1-7,21H,8-10H2. The lowest BCUT2D eigenvalue weighted by Crippen LogP contribution is -2.27. The van der Waals surface area contributed by atoms with Crippen LogP contribution in [0.15, 0.2) is 42.5 Å². The van der Waals surface area contributed by atoms with E-state index in [1.54, 1.807) is 4.90 Å². The van der Waals surface area contributed by atoms with E-state index in [-0.39, 0.29) is 13.2 Å². The Kier molecular flexibility index (Phi) is 4.74. The Bertz CT molecular complexity index is 558. The van der Waals surface area contributed by atoms with Crippen LogP contribution in [0.2, 0.25) is 0 Å². The molecule has 0 aliphatic carbocycles. The fourth-order valence-corrected chi connectivity index (χ4v) is 1.84. The molecule has 1 aromatic carbocycles. The average molecular weight is 297 g/mol. The zero-order valence-electron chi connectivity index (χ0n) is 11.1. The number of benzene rings is 1. The fourth-order valence-electron chi connectivity index (χ4n) is 1.84. The Morgan fingerprint density at radius 1 is 1.00 bits per heavy atom. The number of nitrogens with zero attached hydrogens (tertiary/aromatic N) is 3. The molecule has 0 fully saturated rings. The second-order valence-electron chi connectivity index (χ2n) is 4.41. The van der Waals surface area contributed by atoms with Gasteiger partial charge in [0.05, 0.1) is 6.61 Å². The molecule has 1 N–H and O–H groups in total. The van der Waals surface area contributed by atoms with Crippen LogP contribution in [-0.4, -0.2) is 28.5 Å². The Morgan fingerprint density at radius 3 is 2.24 bits per heavy atom. The molecule has 21 heavy (non-hydrogen) atoms. The van der Waals surface area contributed by atoms with Gasteiger partial charge in [-0.3, -0.25) is 0 Å². The number of anilines is 1. The van der Waals surface area contributed by atoms with E-state index in [0.717, 1.165) is 11.6 Å². The van der Waals surface area contributed by atoms with Crippen LogP contribution in [0, 0.1) is 0 Å². The number of rotatable bonds is 5. The van der Waals surface area contributed by atoms with Crippen LogP contribution in [0.4, 0.5) is 19.0 Å². The Hall–Kier alpha value is -2.15. The van der Waals surface area contributed by atoms with Gasteiger partial charge in [0.1, 0.15) is 0 Å². The first-order valence-corrected chi connectivity index (χ1v) is 6.31. The molecule has 0 saturated heterocycles. The molecule has 0 atom stereocenters. The summed E-state index contributed by atoms with van der Waals surface area (Å²) in [7, 11) is 0. The van der Waals surface area contributed by atoms with E-state index in [2.05, 4.69) is 10.2 Å². The molecule has 4 nitrogen and oxygen atoms in total. The summed E-state index contributed by atoms with van der Waals surface area (Å²) < 4.78 is 37.4. The smallest absolute Gasteiger partial charge is 0.395 e. The maximum absolute atomic E-state index is 12.5. The molecule has 0 radical (unpaired) electrons. The van der Waals surface area contributed by atoms with Gasteiger partial charge in [-0.25, -0.2) is 0 Å².